The van der Waals surface area contributed by atoms with E-state index in [4.69, 9.17) is 9.47 Å². The highest BCUT2D eigenvalue weighted by Gasteiger charge is 2.16. The highest BCUT2D eigenvalue weighted by atomic mass is 79.9. The summed E-state index contributed by atoms with van der Waals surface area (Å²) in [4.78, 5) is 11.2. The van der Waals surface area contributed by atoms with Gasteiger partial charge in [-0.05, 0) is 28.1 Å². The third-order valence-electron chi connectivity index (χ3n) is 2.75. The molecule has 0 saturated carbocycles. The van der Waals surface area contributed by atoms with Gasteiger partial charge in [-0.2, -0.15) is 5.10 Å². The summed E-state index contributed by atoms with van der Waals surface area (Å²) in [5.74, 6) is 1.29. The van der Waals surface area contributed by atoms with Gasteiger partial charge in [-0.25, -0.2) is 0 Å². The van der Waals surface area contributed by atoms with Gasteiger partial charge in [0.2, 0.25) is 0 Å². The Morgan fingerprint density at radius 3 is 2.26 bits per heavy atom. The summed E-state index contributed by atoms with van der Waals surface area (Å²) in [6.07, 6.45) is 0.776. The molecule has 0 atom stereocenters. The van der Waals surface area contributed by atoms with E-state index in [-0.39, 0.29) is 0 Å². The number of aryl methyl sites for hydroxylation is 1. The Morgan fingerprint density at radius 1 is 1.21 bits per heavy atom. The minimum atomic E-state index is 0.498. The Kier molecular flexibility index (Phi) is 3.90. The van der Waals surface area contributed by atoms with Crippen molar-refractivity contribution in [3.8, 4) is 22.8 Å². The van der Waals surface area contributed by atoms with Crippen molar-refractivity contribution in [2.24, 2.45) is 7.05 Å². The van der Waals surface area contributed by atoms with Crippen LogP contribution in [0.3, 0.4) is 0 Å². The molecule has 1 aromatic heterocycles. The highest BCUT2D eigenvalue weighted by molar-refractivity contribution is 9.10. The normalized spacial score (nSPS) is 10.3. The fourth-order valence-electron chi connectivity index (χ4n) is 1.78. The SMILES string of the molecule is COc1cc(OC)cc(-c2nn(C)c(Br)c2C=O)c1. The number of ether oxygens (including phenoxy) is 2. The van der Waals surface area contributed by atoms with Crippen LogP contribution in [-0.4, -0.2) is 30.3 Å². The van der Waals surface area contributed by atoms with Crippen molar-refractivity contribution in [1.82, 2.24) is 9.78 Å². The molecular formula is C13H13BrN2O3. The van der Waals surface area contributed by atoms with E-state index in [1.807, 2.05) is 12.1 Å². The molecule has 0 aliphatic heterocycles. The molecule has 6 heteroatoms. The lowest BCUT2D eigenvalue weighted by Crippen LogP contribution is -1.92. The standard InChI is InChI=1S/C13H13BrN2O3/c1-16-13(14)11(7-17)12(15-16)8-4-9(18-2)6-10(5-8)19-3/h4-7H,1-3H3. The van der Waals surface area contributed by atoms with E-state index < -0.39 is 0 Å². The van der Waals surface area contributed by atoms with E-state index in [0.717, 1.165) is 11.8 Å². The molecule has 2 aromatic rings. The van der Waals surface area contributed by atoms with Gasteiger partial charge in [0.15, 0.2) is 6.29 Å². The summed E-state index contributed by atoms with van der Waals surface area (Å²) >= 11 is 3.34. The first-order chi connectivity index (χ1) is 9.10. The zero-order valence-electron chi connectivity index (χ0n) is 10.8. The number of methoxy groups -OCH3 is 2. The number of carbonyl (C=O) groups is 1. The topological polar surface area (TPSA) is 53.4 Å². The number of benzene rings is 1. The third-order valence-corrected chi connectivity index (χ3v) is 3.69. The molecule has 0 aliphatic rings. The number of aldehydes is 1. The van der Waals surface area contributed by atoms with E-state index in [0.29, 0.717) is 27.4 Å². The van der Waals surface area contributed by atoms with Crippen molar-refractivity contribution in [1.29, 1.82) is 0 Å². The molecule has 0 radical (unpaired) electrons. The predicted molar refractivity (Wildman–Crippen MR) is 74.8 cm³/mol. The Bertz CT molecular complexity index is 600. The van der Waals surface area contributed by atoms with Gasteiger partial charge in [-0.1, -0.05) is 0 Å². The molecule has 0 amide bonds. The van der Waals surface area contributed by atoms with Gasteiger partial charge in [0.05, 0.1) is 19.8 Å². The monoisotopic (exact) mass is 324 g/mol. The van der Waals surface area contributed by atoms with E-state index in [1.54, 1.807) is 32.0 Å². The fraction of sp³-hybridized carbons (Fsp3) is 0.231. The summed E-state index contributed by atoms with van der Waals surface area (Å²) in [5, 5.41) is 4.33. The molecular weight excluding hydrogens is 312 g/mol. The molecule has 19 heavy (non-hydrogen) atoms. The van der Waals surface area contributed by atoms with Gasteiger partial charge in [-0.3, -0.25) is 9.48 Å². The molecule has 0 saturated heterocycles. The summed E-state index contributed by atoms with van der Waals surface area (Å²) in [6, 6.07) is 5.39. The van der Waals surface area contributed by atoms with Crippen LogP contribution in [0.4, 0.5) is 0 Å². The summed E-state index contributed by atoms with van der Waals surface area (Å²) in [5.41, 5.74) is 1.85. The minimum Gasteiger partial charge on any atom is -0.497 e. The second-order valence-corrected chi connectivity index (χ2v) is 4.65. The van der Waals surface area contributed by atoms with Crippen molar-refractivity contribution in [3.05, 3.63) is 28.4 Å². The molecule has 0 bridgehead atoms. The number of hydrogen-bond donors (Lipinski definition) is 0. The van der Waals surface area contributed by atoms with Crippen molar-refractivity contribution >= 4 is 22.2 Å². The van der Waals surface area contributed by atoms with Gasteiger partial charge < -0.3 is 9.47 Å². The van der Waals surface area contributed by atoms with Gasteiger partial charge >= 0.3 is 0 Å². The van der Waals surface area contributed by atoms with Crippen LogP contribution in [0.2, 0.25) is 0 Å². The van der Waals surface area contributed by atoms with Gasteiger partial charge in [0.1, 0.15) is 21.8 Å². The average molecular weight is 325 g/mol. The fourth-order valence-corrected chi connectivity index (χ4v) is 2.14. The zero-order valence-corrected chi connectivity index (χ0v) is 12.4. The van der Waals surface area contributed by atoms with Crippen molar-refractivity contribution in [3.63, 3.8) is 0 Å². The summed E-state index contributed by atoms with van der Waals surface area (Å²) in [6.45, 7) is 0. The highest BCUT2D eigenvalue weighted by Crippen LogP contribution is 2.32. The van der Waals surface area contributed by atoms with Crippen LogP contribution in [0.1, 0.15) is 10.4 Å². The lowest BCUT2D eigenvalue weighted by molar-refractivity contribution is 0.112. The first-order valence-electron chi connectivity index (χ1n) is 5.51. The second-order valence-electron chi connectivity index (χ2n) is 3.90. The van der Waals surface area contributed by atoms with Crippen molar-refractivity contribution in [2.45, 2.75) is 0 Å². The number of nitrogens with zero attached hydrogens (tertiary/aromatic N) is 2. The molecule has 100 valence electrons. The Morgan fingerprint density at radius 2 is 1.79 bits per heavy atom. The maximum Gasteiger partial charge on any atom is 0.155 e. The number of halogens is 1. The van der Waals surface area contributed by atoms with Crippen LogP contribution in [0, 0.1) is 0 Å². The number of hydrogen-bond acceptors (Lipinski definition) is 4. The maximum absolute atomic E-state index is 11.2. The molecule has 0 aliphatic carbocycles. The number of carbonyl (C=O) groups excluding carboxylic acids is 1. The third kappa shape index (κ3) is 2.49. The van der Waals surface area contributed by atoms with Crippen LogP contribution in [0.25, 0.3) is 11.3 Å². The zero-order chi connectivity index (χ0) is 14.0. The average Bonchev–Trinajstić information content (AvgIpc) is 2.73. The van der Waals surface area contributed by atoms with Crippen LogP contribution in [-0.2, 0) is 7.05 Å². The van der Waals surface area contributed by atoms with Gasteiger partial charge in [-0.15, -0.1) is 0 Å². The van der Waals surface area contributed by atoms with Crippen LogP contribution >= 0.6 is 15.9 Å². The van der Waals surface area contributed by atoms with Gasteiger partial charge in [0.25, 0.3) is 0 Å². The van der Waals surface area contributed by atoms with Crippen molar-refractivity contribution in [2.75, 3.05) is 14.2 Å². The molecule has 1 heterocycles. The van der Waals surface area contributed by atoms with E-state index >= 15 is 0 Å². The number of rotatable bonds is 4. The van der Waals surface area contributed by atoms with E-state index in [2.05, 4.69) is 21.0 Å². The Labute approximate surface area is 119 Å². The predicted octanol–water partition coefficient (Wildman–Crippen LogP) is 2.68. The molecule has 0 spiro atoms. The van der Waals surface area contributed by atoms with Gasteiger partial charge in [0, 0.05) is 18.7 Å². The largest absolute Gasteiger partial charge is 0.497 e. The van der Waals surface area contributed by atoms with E-state index in [9.17, 15) is 4.79 Å². The molecule has 0 N–H and O–H groups in total. The Balaban J connectivity index is 2.64. The lowest BCUT2D eigenvalue weighted by atomic mass is 10.1. The number of aromatic nitrogens is 2. The van der Waals surface area contributed by atoms with Crippen LogP contribution in [0.5, 0.6) is 11.5 Å². The summed E-state index contributed by atoms with van der Waals surface area (Å²) < 4.78 is 12.7. The van der Waals surface area contributed by atoms with Crippen LogP contribution in [0.15, 0.2) is 22.8 Å². The van der Waals surface area contributed by atoms with Crippen molar-refractivity contribution < 1.29 is 14.3 Å². The smallest absolute Gasteiger partial charge is 0.155 e. The maximum atomic E-state index is 11.2. The molecule has 0 unspecified atom stereocenters. The first kappa shape index (κ1) is 13.6. The van der Waals surface area contributed by atoms with Crippen LogP contribution < -0.4 is 9.47 Å². The first-order valence-corrected chi connectivity index (χ1v) is 6.31. The minimum absolute atomic E-state index is 0.498. The Hall–Kier alpha value is -1.82. The second kappa shape index (κ2) is 5.44. The quantitative estimate of drug-likeness (QED) is 0.811. The molecule has 1 aromatic carbocycles. The van der Waals surface area contributed by atoms with E-state index in [1.165, 1.54) is 0 Å². The lowest BCUT2D eigenvalue weighted by Gasteiger charge is -2.07. The summed E-state index contributed by atoms with van der Waals surface area (Å²) in [7, 11) is 4.92. The molecule has 2 rings (SSSR count). The molecule has 5 nitrogen and oxygen atoms in total. The molecule has 0 fully saturated rings.